The highest BCUT2D eigenvalue weighted by molar-refractivity contribution is 6.31. The number of hydrogen-bond acceptors (Lipinski definition) is 5. The zero-order valence-electron chi connectivity index (χ0n) is 13.3. The normalized spacial score (nSPS) is 12.0. The van der Waals surface area contributed by atoms with Crippen molar-refractivity contribution in [3.05, 3.63) is 65.1 Å². The fraction of sp³-hybridized carbons (Fsp3) is 0.118. The number of anilines is 1. The third-order valence-electron chi connectivity index (χ3n) is 3.12. The van der Waals surface area contributed by atoms with Gasteiger partial charge in [-0.1, -0.05) is 23.7 Å². The maximum absolute atomic E-state index is 12.2. The van der Waals surface area contributed by atoms with E-state index >= 15 is 0 Å². The number of nitrogens with zero attached hydrogens (tertiary/aromatic N) is 2. The maximum Gasteiger partial charge on any atom is 0.271 e. The van der Waals surface area contributed by atoms with Crippen molar-refractivity contribution in [3.63, 3.8) is 0 Å². The van der Waals surface area contributed by atoms with Crippen molar-refractivity contribution >= 4 is 28.9 Å². The number of ether oxygens (including phenoxy) is 1. The van der Waals surface area contributed by atoms with Crippen LogP contribution in [-0.2, 0) is 4.79 Å². The fourth-order valence-electron chi connectivity index (χ4n) is 1.94. The van der Waals surface area contributed by atoms with Crippen LogP contribution in [0, 0.1) is 0 Å². The van der Waals surface area contributed by atoms with Crippen molar-refractivity contribution in [2.75, 3.05) is 19.5 Å². The van der Waals surface area contributed by atoms with Gasteiger partial charge in [-0.3, -0.25) is 14.8 Å². The number of aromatic nitrogens is 1. The Morgan fingerprint density at radius 1 is 1.38 bits per heavy atom. The fourth-order valence-corrected chi connectivity index (χ4v) is 2.13. The predicted octanol–water partition coefficient (Wildman–Crippen LogP) is 2.64. The largest absolute Gasteiger partial charge is 0.495 e. The van der Waals surface area contributed by atoms with Crippen LogP contribution < -0.4 is 15.8 Å². The number of amides is 1. The zero-order chi connectivity index (χ0) is 17.5. The monoisotopic (exact) mass is 344 g/mol. The smallest absolute Gasteiger partial charge is 0.271 e. The lowest BCUT2D eigenvalue weighted by atomic mass is 10.1. The minimum atomic E-state index is -0.465. The molecule has 2 aromatic rings. The first kappa shape index (κ1) is 17.5. The second kappa shape index (κ2) is 8.12. The number of hydrogen-bond donors (Lipinski definition) is 2. The van der Waals surface area contributed by atoms with Gasteiger partial charge in [0.25, 0.3) is 5.91 Å². The van der Waals surface area contributed by atoms with Gasteiger partial charge in [-0.15, -0.1) is 0 Å². The molecule has 2 rings (SSSR count). The third-order valence-corrected chi connectivity index (χ3v) is 3.36. The Kier molecular flexibility index (Phi) is 5.92. The summed E-state index contributed by atoms with van der Waals surface area (Å²) in [5.41, 5.74) is 7.68. The Labute approximate surface area is 145 Å². The number of halogens is 1. The number of nitrogens with one attached hydrogen (secondary N) is 1. The summed E-state index contributed by atoms with van der Waals surface area (Å²) in [6.45, 7) is 0. The van der Waals surface area contributed by atoms with Crippen molar-refractivity contribution in [3.8, 4) is 5.75 Å². The van der Waals surface area contributed by atoms with E-state index < -0.39 is 5.91 Å². The molecule has 0 aliphatic heterocycles. The predicted molar refractivity (Wildman–Crippen MR) is 95.6 cm³/mol. The Hall–Kier alpha value is -2.86. The van der Waals surface area contributed by atoms with Gasteiger partial charge in [0.15, 0.2) is 0 Å². The van der Waals surface area contributed by atoms with E-state index in [1.165, 1.54) is 25.6 Å². The van der Waals surface area contributed by atoms with Gasteiger partial charge in [-0.2, -0.15) is 0 Å². The lowest BCUT2D eigenvalue weighted by Gasteiger charge is -2.07. The van der Waals surface area contributed by atoms with Crippen LogP contribution >= 0.6 is 11.6 Å². The van der Waals surface area contributed by atoms with E-state index in [1.807, 2.05) is 6.07 Å². The Morgan fingerprint density at radius 3 is 2.83 bits per heavy atom. The first-order valence-electron chi connectivity index (χ1n) is 7.03. The lowest BCUT2D eigenvalue weighted by Crippen LogP contribution is -2.21. The molecule has 24 heavy (non-hydrogen) atoms. The Bertz CT molecular complexity index is 803. The first-order valence-corrected chi connectivity index (χ1v) is 7.41. The summed E-state index contributed by atoms with van der Waals surface area (Å²) in [5.74, 6) is 0.0679. The molecular formula is C17H17ClN4O2. The van der Waals surface area contributed by atoms with Crippen molar-refractivity contribution < 1.29 is 9.53 Å². The topological polar surface area (TPSA) is 89.6 Å². The van der Waals surface area contributed by atoms with Crippen molar-refractivity contribution in [2.24, 2.45) is 10.7 Å². The minimum Gasteiger partial charge on any atom is -0.495 e. The molecule has 6 nitrogen and oxygen atoms in total. The number of aliphatic imine (C=N–C) groups is 1. The molecule has 1 aromatic heterocycles. The molecule has 0 saturated heterocycles. The Balaban J connectivity index is 2.17. The standard InChI is InChI=1S/C17H17ClN4O2/c1-20-16(11-4-3-5-12(18)6-11)8-15(19)17(23)22-13-7-14(24-2)10-21-9-13/h3-10H,19H2,1-2H3,(H,22,23). The summed E-state index contributed by atoms with van der Waals surface area (Å²) >= 11 is 5.98. The second-order valence-electron chi connectivity index (χ2n) is 4.79. The van der Waals surface area contributed by atoms with Crippen molar-refractivity contribution in [1.82, 2.24) is 4.98 Å². The molecular weight excluding hydrogens is 328 g/mol. The SMILES string of the molecule is CN=C(C=C(N)C(=O)Nc1cncc(OC)c1)c1cccc(Cl)c1. The van der Waals surface area contributed by atoms with E-state index in [2.05, 4.69) is 15.3 Å². The van der Waals surface area contributed by atoms with Crippen LogP contribution in [0.2, 0.25) is 5.02 Å². The number of carbonyl (C=O) groups is 1. The van der Waals surface area contributed by atoms with E-state index in [0.29, 0.717) is 22.2 Å². The Morgan fingerprint density at radius 2 is 2.17 bits per heavy atom. The van der Waals surface area contributed by atoms with Gasteiger partial charge in [0.2, 0.25) is 0 Å². The first-order chi connectivity index (χ1) is 11.5. The number of rotatable bonds is 5. The van der Waals surface area contributed by atoms with Gasteiger partial charge in [0.1, 0.15) is 5.75 Å². The minimum absolute atomic E-state index is 0.0124. The lowest BCUT2D eigenvalue weighted by molar-refractivity contribution is -0.112. The molecule has 1 heterocycles. The number of benzene rings is 1. The summed E-state index contributed by atoms with van der Waals surface area (Å²) in [7, 11) is 3.13. The summed E-state index contributed by atoms with van der Waals surface area (Å²) in [6.07, 6.45) is 4.53. The van der Waals surface area contributed by atoms with Gasteiger partial charge in [-0.05, 0) is 18.2 Å². The van der Waals surface area contributed by atoms with Gasteiger partial charge < -0.3 is 15.8 Å². The van der Waals surface area contributed by atoms with E-state index in [4.69, 9.17) is 22.1 Å². The molecule has 0 spiro atoms. The van der Waals surface area contributed by atoms with Crippen LogP contribution in [0.1, 0.15) is 5.56 Å². The van der Waals surface area contributed by atoms with E-state index in [-0.39, 0.29) is 5.70 Å². The molecule has 3 N–H and O–H groups in total. The molecule has 7 heteroatoms. The van der Waals surface area contributed by atoms with Crippen LogP contribution in [0.25, 0.3) is 0 Å². The van der Waals surface area contributed by atoms with E-state index in [9.17, 15) is 4.79 Å². The van der Waals surface area contributed by atoms with Crippen LogP contribution in [0.15, 0.2) is 59.5 Å². The summed E-state index contributed by atoms with van der Waals surface area (Å²) in [5, 5.41) is 3.23. The quantitative estimate of drug-likeness (QED) is 0.644. The van der Waals surface area contributed by atoms with Crippen LogP contribution in [0.3, 0.4) is 0 Å². The molecule has 1 aromatic carbocycles. The molecule has 0 bridgehead atoms. The number of methoxy groups -OCH3 is 1. The van der Waals surface area contributed by atoms with Gasteiger partial charge >= 0.3 is 0 Å². The average Bonchev–Trinajstić information content (AvgIpc) is 2.59. The van der Waals surface area contributed by atoms with E-state index in [1.54, 1.807) is 31.3 Å². The molecule has 0 fully saturated rings. The zero-order valence-corrected chi connectivity index (χ0v) is 14.0. The highest BCUT2D eigenvalue weighted by atomic mass is 35.5. The highest BCUT2D eigenvalue weighted by Gasteiger charge is 2.09. The van der Waals surface area contributed by atoms with Gasteiger partial charge in [0, 0.05) is 23.7 Å². The highest BCUT2D eigenvalue weighted by Crippen LogP contribution is 2.15. The van der Waals surface area contributed by atoms with Crippen LogP contribution in [-0.4, -0.2) is 30.8 Å². The van der Waals surface area contributed by atoms with Crippen LogP contribution in [0.4, 0.5) is 5.69 Å². The molecule has 0 aliphatic rings. The van der Waals surface area contributed by atoms with E-state index in [0.717, 1.165) is 5.56 Å². The maximum atomic E-state index is 12.2. The molecule has 0 radical (unpaired) electrons. The summed E-state index contributed by atoms with van der Waals surface area (Å²) < 4.78 is 5.06. The number of allylic oxidation sites excluding steroid dienone is 1. The molecule has 1 amide bonds. The average molecular weight is 345 g/mol. The summed E-state index contributed by atoms with van der Waals surface area (Å²) in [4.78, 5) is 20.3. The summed E-state index contributed by atoms with van der Waals surface area (Å²) in [6, 6.07) is 8.78. The number of pyridine rings is 1. The molecule has 124 valence electrons. The van der Waals surface area contributed by atoms with Gasteiger partial charge in [0.05, 0.1) is 36.6 Å². The van der Waals surface area contributed by atoms with Crippen LogP contribution in [0.5, 0.6) is 5.75 Å². The van der Waals surface area contributed by atoms with Crippen molar-refractivity contribution in [1.29, 1.82) is 0 Å². The van der Waals surface area contributed by atoms with Crippen molar-refractivity contribution in [2.45, 2.75) is 0 Å². The second-order valence-corrected chi connectivity index (χ2v) is 5.22. The number of nitrogens with two attached hydrogens (primary N) is 1. The molecule has 0 unspecified atom stereocenters. The molecule has 0 saturated carbocycles. The number of carbonyl (C=O) groups excluding carboxylic acids is 1. The van der Waals surface area contributed by atoms with Gasteiger partial charge in [-0.25, -0.2) is 0 Å². The molecule has 0 aliphatic carbocycles. The molecule has 0 atom stereocenters. The third kappa shape index (κ3) is 4.57.